The zero-order valence-electron chi connectivity index (χ0n) is 8.71. The van der Waals surface area contributed by atoms with Crippen molar-refractivity contribution >= 4 is 22.5 Å². The standard InChI is InChI=1S/C11H10N4O/c1-15-7-8(6-13-15)14-11-9-3-5-16-10(9)2-4-12-11/h2-7H,1H3,(H,12,14). The van der Waals surface area contributed by atoms with Crippen LogP contribution in [0.25, 0.3) is 11.0 Å². The quantitative estimate of drug-likeness (QED) is 0.711. The van der Waals surface area contributed by atoms with Crippen molar-refractivity contribution in [2.45, 2.75) is 0 Å². The number of nitrogens with one attached hydrogen (secondary N) is 1. The van der Waals surface area contributed by atoms with Gasteiger partial charge in [0.2, 0.25) is 0 Å². The fraction of sp³-hybridized carbons (Fsp3) is 0.0909. The molecule has 0 fully saturated rings. The highest BCUT2D eigenvalue weighted by Gasteiger charge is 2.05. The normalized spacial score (nSPS) is 10.8. The number of pyridine rings is 1. The minimum absolute atomic E-state index is 0.777. The molecule has 0 atom stereocenters. The minimum Gasteiger partial charge on any atom is -0.464 e. The molecule has 3 aromatic heterocycles. The number of hydrogen-bond acceptors (Lipinski definition) is 4. The Balaban J connectivity index is 2.03. The molecular weight excluding hydrogens is 204 g/mol. The van der Waals surface area contributed by atoms with Gasteiger partial charge < -0.3 is 9.73 Å². The Bertz CT molecular complexity index is 625. The van der Waals surface area contributed by atoms with Crippen molar-refractivity contribution in [2.24, 2.45) is 7.05 Å². The molecule has 5 heteroatoms. The summed E-state index contributed by atoms with van der Waals surface area (Å²) < 4.78 is 7.03. The molecule has 0 radical (unpaired) electrons. The summed E-state index contributed by atoms with van der Waals surface area (Å²) >= 11 is 0. The molecule has 0 amide bonds. The monoisotopic (exact) mass is 214 g/mol. The molecule has 0 aromatic carbocycles. The van der Waals surface area contributed by atoms with Crippen molar-refractivity contribution in [3.8, 4) is 0 Å². The highest BCUT2D eigenvalue weighted by Crippen LogP contribution is 2.24. The van der Waals surface area contributed by atoms with Crippen molar-refractivity contribution in [1.29, 1.82) is 0 Å². The average Bonchev–Trinajstić information content (AvgIpc) is 2.87. The Kier molecular flexibility index (Phi) is 1.89. The number of aryl methyl sites for hydroxylation is 1. The van der Waals surface area contributed by atoms with Crippen LogP contribution in [0.4, 0.5) is 11.5 Å². The van der Waals surface area contributed by atoms with Crippen molar-refractivity contribution in [3.63, 3.8) is 0 Å². The van der Waals surface area contributed by atoms with Gasteiger partial charge in [-0.15, -0.1) is 0 Å². The van der Waals surface area contributed by atoms with Crippen LogP contribution in [0.15, 0.2) is 41.4 Å². The van der Waals surface area contributed by atoms with Crippen LogP contribution in [0.5, 0.6) is 0 Å². The third-order valence-electron chi connectivity index (χ3n) is 2.35. The van der Waals surface area contributed by atoms with Crippen LogP contribution in [-0.4, -0.2) is 14.8 Å². The van der Waals surface area contributed by atoms with E-state index in [1.54, 1.807) is 23.3 Å². The molecule has 0 saturated carbocycles. The maximum absolute atomic E-state index is 5.30. The molecule has 5 nitrogen and oxygen atoms in total. The van der Waals surface area contributed by atoms with Gasteiger partial charge >= 0.3 is 0 Å². The van der Waals surface area contributed by atoms with Crippen LogP contribution in [0, 0.1) is 0 Å². The molecule has 0 bridgehead atoms. The third kappa shape index (κ3) is 1.42. The highest BCUT2D eigenvalue weighted by atomic mass is 16.3. The molecular formula is C11H10N4O. The van der Waals surface area contributed by atoms with Gasteiger partial charge in [-0.2, -0.15) is 5.10 Å². The van der Waals surface area contributed by atoms with Crippen LogP contribution in [0.1, 0.15) is 0 Å². The van der Waals surface area contributed by atoms with Gasteiger partial charge in [0.05, 0.1) is 23.5 Å². The summed E-state index contributed by atoms with van der Waals surface area (Å²) in [6.45, 7) is 0. The van der Waals surface area contributed by atoms with Gasteiger partial charge in [-0.3, -0.25) is 4.68 Å². The van der Waals surface area contributed by atoms with E-state index in [4.69, 9.17) is 4.42 Å². The first-order valence-electron chi connectivity index (χ1n) is 4.91. The molecule has 0 spiro atoms. The number of fused-ring (bicyclic) bond motifs is 1. The van der Waals surface area contributed by atoms with Crippen LogP contribution < -0.4 is 5.32 Å². The summed E-state index contributed by atoms with van der Waals surface area (Å²) in [7, 11) is 1.87. The Morgan fingerprint density at radius 2 is 2.31 bits per heavy atom. The fourth-order valence-electron chi connectivity index (χ4n) is 1.62. The highest BCUT2D eigenvalue weighted by molar-refractivity contribution is 5.89. The van der Waals surface area contributed by atoms with E-state index in [2.05, 4.69) is 15.4 Å². The average molecular weight is 214 g/mol. The lowest BCUT2D eigenvalue weighted by Crippen LogP contribution is -1.92. The first-order valence-corrected chi connectivity index (χ1v) is 4.91. The predicted octanol–water partition coefficient (Wildman–Crippen LogP) is 2.30. The lowest BCUT2D eigenvalue weighted by Gasteiger charge is -2.02. The topological polar surface area (TPSA) is 55.9 Å². The molecule has 3 aromatic rings. The van der Waals surface area contributed by atoms with E-state index in [0.717, 1.165) is 22.5 Å². The zero-order valence-corrected chi connectivity index (χ0v) is 8.71. The van der Waals surface area contributed by atoms with Gasteiger partial charge in [-0.05, 0) is 12.1 Å². The van der Waals surface area contributed by atoms with Crippen LogP contribution in [0.2, 0.25) is 0 Å². The number of anilines is 2. The molecule has 0 aliphatic rings. The third-order valence-corrected chi connectivity index (χ3v) is 2.35. The van der Waals surface area contributed by atoms with E-state index in [9.17, 15) is 0 Å². The summed E-state index contributed by atoms with van der Waals surface area (Å²) in [4.78, 5) is 4.28. The van der Waals surface area contributed by atoms with Crippen molar-refractivity contribution in [2.75, 3.05) is 5.32 Å². The minimum atomic E-state index is 0.777. The van der Waals surface area contributed by atoms with Crippen molar-refractivity contribution in [1.82, 2.24) is 14.8 Å². The predicted molar refractivity (Wildman–Crippen MR) is 60.5 cm³/mol. The van der Waals surface area contributed by atoms with Crippen LogP contribution >= 0.6 is 0 Å². The van der Waals surface area contributed by atoms with E-state index in [1.807, 2.05) is 25.4 Å². The summed E-state index contributed by atoms with van der Waals surface area (Å²) in [6, 6.07) is 3.73. The second-order valence-corrected chi connectivity index (χ2v) is 3.52. The number of furan rings is 1. The number of nitrogens with zero attached hydrogens (tertiary/aromatic N) is 3. The smallest absolute Gasteiger partial charge is 0.141 e. The fourth-order valence-corrected chi connectivity index (χ4v) is 1.62. The molecule has 1 N–H and O–H groups in total. The molecule has 0 unspecified atom stereocenters. The Morgan fingerprint density at radius 3 is 3.12 bits per heavy atom. The maximum atomic E-state index is 5.30. The summed E-state index contributed by atoms with van der Waals surface area (Å²) in [6.07, 6.45) is 7.01. The van der Waals surface area contributed by atoms with E-state index in [1.165, 1.54) is 0 Å². The van der Waals surface area contributed by atoms with Crippen molar-refractivity contribution in [3.05, 3.63) is 37.0 Å². The van der Waals surface area contributed by atoms with Crippen LogP contribution in [-0.2, 0) is 7.05 Å². The lowest BCUT2D eigenvalue weighted by atomic mass is 10.3. The van der Waals surface area contributed by atoms with E-state index >= 15 is 0 Å². The van der Waals surface area contributed by atoms with Gasteiger partial charge in [0.1, 0.15) is 11.4 Å². The molecule has 0 aliphatic carbocycles. The van der Waals surface area contributed by atoms with Crippen LogP contribution in [0.3, 0.4) is 0 Å². The Morgan fingerprint density at radius 1 is 1.38 bits per heavy atom. The molecule has 0 saturated heterocycles. The van der Waals surface area contributed by atoms with Gasteiger partial charge in [0, 0.05) is 19.4 Å². The van der Waals surface area contributed by atoms with E-state index in [0.29, 0.717) is 0 Å². The molecule has 16 heavy (non-hydrogen) atoms. The molecule has 3 rings (SSSR count). The first-order chi connectivity index (χ1) is 7.83. The number of hydrogen-bond donors (Lipinski definition) is 1. The largest absolute Gasteiger partial charge is 0.464 e. The van der Waals surface area contributed by atoms with Crippen molar-refractivity contribution < 1.29 is 4.42 Å². The Labute approximate surface area is 91.7 Å². The summed E-state index contributed by atoms with van der Waals surface area (Å²) in [5.74, 6) is 0.777. The first kappa shape index (κ1) is 8.96. The molecule has 3 heterocycles. The number of aromatic nitrogens is 3. The Hall–Kier alpha value is -2.30. The number of rotatable bonds is 2. The maximum Gasteiger partial charge on any atom is 0.141 e. The van der Waals surface area contributed by atoms with Gasteiger partial charge in [0.25, 0.3) is 0 Å². The van der Waals surface area contributed by atoms with E-state index < -0.39 is 0 Å². The second kappa shape index (κ2) is 3.37. The lowest BCUT2D eigenvalue weighted by molar-refractivity contribution is 0.615. The second-order valence-electron chi connectivity index (χ2n) is 3.52. The SMILES string of the molecule is Cn1cc(Nc2nccc3occc23)cn1. The van der Waals surface area contributed by atoms with Gasteiger partial charge in [0.15, 0.2) is 0 Å². The molecule has 0 aliphatic heterocycles. The van der Waals surface area contributed by atoms with E-state index in [-0.39, 0.29) is 0 Å². The van der Waals surface area contributed by atoms with Gasteiger partial charge in [-0.1, -0.05) is 0 Å². The summed E-state index contributed by atoms with van der Waals surface area (Å²) in [5.41, 5.74) is 1.73. The van der Waals surface area contributed by atoms with Gasteiger partial charge in [-0.25, -0.2) is 4.98 Å². The molecule has 80 valence electrons. The zero-order chi connectivity index (χ0) is 11.0. The summed E-state index contributed by atoms with van der Waals surface area (Å²) in [5, 5.41) is 8.25.